The number of imide groups is 1. The quantitative estimate of drug-likeness (QED) is 0.399. The fraction of sp³-hybridized carbons (Fsp3) is 0.750. The Morgan fingerprint density at radius 2 is 1.04 bits per heavy atom. The van der Waals surface area contributed by atoms with Crippen molar-refractivity contribution in [3.8, 4) is 0 Å². The van der Waals surface area contributed by atoms with Crippen molar-refractivity contribution < 1.29 is 28.6 Å². The third-order valence-electron chi connectivity index (χ3n) is 1.98. The molecule has 0 aliphatic heterocycles. The Balaban J connectivity index is 5.60. The molecule has 0 aromatic rings. The first-order chi connectivity index (χ1) is 10.9. The number of carbonyl (C=O) groups is 3. The van der Waals surface area contributed by atoms with Gasteiger partial charge in [-0.3, -0.25) is 0 Å². The minimum Gasteiger partial charge on any atom is -0.443 e. The number of carbonyl (C=O) groups excluding carboxylic acids is 3. The second kappa shape index (κ2) is 7.71. The predicted molar refractivity (Wildman–Crippen MR) is 92.2 cm³/mol. The zero-order valence-electron chi connectivity index (χ0n) is 16.4. The lowest BCUT2D eigenvalue weighted by Gasteiger charge is -2.27. The SMILES string of the molecule is CC(C)(C)OC(=O)N=C(N)N(C(=O)OC(C)(C)C)C(=O)OC(C)(C)C. The van der Waals surface area contributed by atoms with Crippen LogP contribution >= 0.6 is 0 Å². The number of ether oxygens (including phenoxy) is 3. The van der Waals surface area contributed by atoms with Gasteiger partial charge in [0.25, 0.3) is 0 Å². The Bertz CT molecular complexity index is 522. The van der Waals surface area contributed by atoms with E-state index in [0.717, 1.165) is 0 Å². The largest absolute Gasteiger partial charge is 0.443 e. The number of rotatable bonds is 0. The van der Waals surface area contributed by atoms with Crippen LogP contribution in [0.3, 0.4) is 0 Å². The molecule has 9 heteroatoms. The Labute approximate surface area is 148 Å². The van der Waals surface area contributed by atoms with Crippen molar-refractivity contribution >= 4 is 24.2 Å². The molecule has 144 valence electrons. The number of nitrogens with two attached hydrogens (primary N) is 1. The van der Waals surface area contributed by atoms with Gasteiger partial charge in [-0.25, -0.2) is 14.4 Å². The number of aliphatic imine (C=N–C) groups is 1. The number of hydrogen-bond donors (Lipinski definition) is 1. The first-order valence-electron chi connectivity index (χ1n) is 7.74. The molecule has 0 aromatic heterocycles. The monoisotopic (exact) mass is 359 g/mol. The summed E-state index contributed by atoms with van der Waals surface area (Å²) in [6, 6.07) is 0. The van der Waals surface area contributed by atoms with Crippen LogP contribution in [0.5, 0.6) is 0 Å². The van der Waals surface area contributed by atoms with Crippen LogP contribution in [0.2, 0.25) is 0 Å². The van der Waals surface area contributed by atoms with Gasteiger partial charge in [-0.2, -0.15) is 0 Å². The van der Waals surface area contributed by atoms with E-state index in [9.17, 15) is 14.4 Å². The highest BCUT2D eigenvalue weighted by atomic mass is 16.6. The van der Waals surface area contributed by atoms with E-state index in [2.05, 4.69) is 4.99 Å². The van der Waals surface area contributed by atoms with Crippen LogP contribution in [0, 0.1) is 0 Å². The average Bonchev–Trinajstić information content (AvgIpc) is 2.19. The second-order valence-electron chi connectivity index (χ2n) is 8.25. The van der Waals surface area contributed by atoms with Crippen molar-refractivity contribution in [1.82, 2.24) is 4.90 Å². The zero-order valence-corrected chi connectivity index (χ0v) is 16.4. The van der Waals surface area contributed by atoms with E-state index in [4.69, 9.17) is 19.9 Å². The summed E-state index contributed by atoms with van der Waals surface area (Å²) in [5.41, 5.74) is 3.04. The fourth-order valence-corrected chi connectivity index (χ4v) is 1.31. The Morgan fingerprint density at radius 3 is 1.32 bits per heavy atom. The molecular formula is C16H29N3O6. The standard InChI is InChI=1S/C16H29N3O6/c1-14(2,3)23-11(20)18-10(17)19(12(21)24-15(4,5)6)13(22)25-16(7,8)9/h1-9H3,(H2,17,18,20). The van der Waals surface area contributed by atoms with Crippen molar-refractivity contribution in [2.24, 2.45) is 10.7 Å². The maximum absolute atomic E-state index is 12.3. The molecule has 0 bridgehead atoms. The van der Waals surface area contributed by atoms with Crippen LogP contribution in [0.25, 0.3) is 0 Å². The van der Waals surface area contributed by atoms with Crippen molar-refractivity contribution in [3.05, 3.63) is 0 Å². The van der Waals surface area contributed by atoms with E-state index in [1.54, 1.807) is 62.3 Å². The lowest BCUT2D eigenvalue weighted by Crippen LogP contribution is -2.50. The normalized spacial score (nSPS) is 13.1. The number of nitrogens with zero attached hydrogens (tertiary/aromatic N) is 2. The van der Waals surface area contributed by atoms with Gasteiger partial charge in [-0.1, -0.05) is 0 Å². The third kappa shape index (κ3) is 10.2. The predicted octanol–water partition coefficient (Wildman–Crippen LogP) is 3.41. The molecule has 0 unspecified atom stereocenters. The lowest BCUT2D eigenvalue weighted by molar-refractivity contribution is 0.0145. The summed E-state index contributed by atoms with van der Waals surface area (Å²) in [5.74, 6) is -0.710. The van der Waals surface area contributed by atoms with Gasteiger partial charge in [-0.15, -0.1) is 9.89 Å². The minimum atomic E-state index is -1.12. The third-order valence-corrected chi connectivity index (χ3v) is 1.98. The molecule has 0 spiro atoms. The molecule has 0 atom stereocenters. The molecule has 0 fully saturated rings. The van der Waals surface area contributed by atoms with Crippen molar-refractivity contribution in [1.29, 1.82) is 0 Å². The molecule has 0 rings (SSSR count). The van der Waals surface area contributed by atoms with Crippen molar-refractivity contribution in [3.63, 3.8) is 0 Å². The van der Waals surface area contributed by atoms with Gasteiger partial charge in [0.05, 0.1) is 0 Å². The number of hydrogen-bond acceptors (Lipinski definition) is 6. The van der Waals surface area contributed by atoms with Gasteiger partial charge in [0.2, 0.25) is 5.96 Å². The van der Waals surface area contributed by atoms with E-state index >= 15 is 0 Å². The highest BCUT2D eigenvalue weighted by Gasteiger charge is 2.34. The molecule has 0 saturated carbocycles. The van der Waals surface area contributed by atoms with Gasteiger partial charge in [0, 0.05) is 0 Å². The highest BCUT2D eigenvalue weighted by Crippen LogP contribution is 2.15. The molecule has 0 aliphatic carbocycles. The molecule has 9 nitrogen and oxygen atoms in total. The van der Waals surface area contributed by atoms with Gasteiger partial charge in [0.15, 0.2) is 0 Å². The van der Waals surface area contributed by atoms with Gasteiger partial charge in [0.1, 0.15) is 16.8 Å². The van der Waals surface area contributed by atoms with Crippen LogP contribution in [0.1, 0.15) is 62.3 Å². The summed E-state index contributed by atoms with van der Waals surface area (Å²) >= 11 is 0. The second-order valence-corrected chi connectivity index (χ2v) is 8.25. The molecule has 2 N–H and O–H groups in total. The van der Waals surface area contributed by atoms with E-state index in [0.29, 0.717) is 4.90 Å². The molecule has 0 radical (unpaired) electrons. The molecule has 0 aromatic carbocycles. The highest BCUT2D eigenvalue weighted by molar-refractivity contribution is 6.09. The van der Waals surface area contributed by atoms with Crippen LogP contribution in [0.15, 0.2) is 4.99 Å². The minimum absolute atomic E-state index is 0.348. The molecule has 0 saturated heterocycles. The van der Waals surface area contributed by atoms with Crippen LogP contribution in [-0.4, -0.2) is 45.9 Å². The average molecular weight is 359 g/mol. The maximum Gasteiger partial charge on any atom is 0.437 e. The molecule has 0 aliphatic rings. The van der Waals surface area contributed by atoms with E-state index in [1.807, 2.05) is 0 Å². The first-order valence-corrected chi connectivity index (χ1v) is 7.74. The molecular weight excluding hydrogens is 330 g/mol. The summed E-state index contributed by atoms with van der Waals surface area (Å²) in [5, 5.41) is 0. The summed E-state index contributed by atoms with van der Waals surface area (Å²) in [6.45, 7) is 14.6. The molecule has 25 heavy (non-hydrogen) atoms. The number of guanidine groups is 1. The van der Waals surface area contributed by atoms with E-state index < -0.39 is 41.0 Å². The first kappa shape index (κ1) is 22.7. The summed E-state index contributed by atoms with van der Waals surface area (Å²) in [6.07, 6.45) is -3.29. The zero-order chi connectivity index (χ0) is 20.2. The van der Waals surface area contributed by atoms with Crippen molar-refractivity contribution in [2.45, 2.75) is 79.1 Å². The number of amides is 3. The molecule has 3 amide bonds. The smallest absolute Gasteiger partial charge is 0.437 e. The van der Waals surface area contributed by atoms with Crippen molar-refractivity contribution in [2.75, 3.05) is 0 Å². The summed E-state index contributed by atoms with van der Waals surface area (Å²) < 4.78 is 15.2. The topological polar surface area (TPSA) is 121 Å². The van der Waals surface area contributed by atoms with Gasteiger partial charge in [-0.05, 0) is 62.3 Å². The van der Waals surface area contributed by atoms with Gasteiger partial charge >= 0.3 is 18.3 Å². The maximum atomic E-state index is 12.3. The Morgan fingerprint density at radius 1 is 0.720 bits per heavy atom. The van der Waals surface area contributed by atoms with E-state index in [-0.39, 0.29) is 0 Å². The Hall–Kier alpha value is -2.32. The summed E-state index contributed by atoms with van der Waals surface area (Å²) in [7, 11) is 0. The van der Waals surface area contributed by atoms with E-state index in [1.165, 1.54) is 0 Å². The van der Waals surface area contributed by atoms with Crippen LogP contribution in [0.4, 0.5) is 14.4 Å². The lowest BCUT2D eigenvalue weighted by atomic mass is 10.2. The summed E-state index contributed by atoms with van der Waals surface area (Å²) in [4.78, 5) is 40.1. The van der Waals surface area contributed by atoms with Crippen LogP contribution in [-0.2, 0) is 14.2 Å². The van der Waals surface area contributed by atoms with Gasteiger partial charge < -0.3 is 19.9 Å². The Kier molecular flexibility index (Phi) is 6.99. The molecule has 0 heterocycles. The van der Waals surface area contributed by atoms with Crippen LogP contribution < -0.4 is 5.73 Å². The fourth-order valence-electron chi connectivity index (χ4n) is 1.31.